The highest BCUT2D eigenvalue weighted by molar-refractivity contribution is 7.17. The van der Waals surface area contributed by atoms with Gasteiger partial charge in [-0.15, -0.1) is 23.7 Å². The molecule has 0 bridgehead atoms. The lowest BCUT2D eigenvalue weighted by molar-refractivity contribution is 0.0531. The molecular formula is C11H12ClN3O2S. The van der Waals surface area contributed by atoms with E-state index in [1.54, 1.807) is 32.4 Å². The largest absolute Gasteiger partial charge is 0.462 e. The van der Waals surface area contributed by atoms with Crippen LogP contribution in [0.5, 0.6) is 0 Å². The molecule has 0 radical (unpaired) electrons. The van der Waals surface area contributed by atoms with Crippen LogP contribution in [0.25, 0.3) is 10.7 Å². The molecule has 0 aromatic carbocycles. The van der Waals surface area contributed by atoms with Crippen molar-refractivity contribution in [1.82, 2.24) is 15.0 Å². The highest BCUT2D eigenvalue weighted by Gasteiger charge is 2.17. The molecule has 0 atom stereocenters. The van der Waals surface area contributed by atoms with Gasteiger partial charge in [-0.05, 0) is 13.8 Å². The van der Waals surface area contributed by atoms with Crippen molar-refractivity contribution in [2.45, 2.75) is 13.8 Å². The number of aryl methyl sites for hydroxylation is 1. The van der Waals surface area contributed by atoms with Gasteiger partial charge in [-0.1, -0.05) is 0 Å². The molecule has 0 unspecified atom stereocenters. The standard InChI is InChI=1S/C11H11N3O2S.ClH/c1-3-16-11(15)9-7(2)14-10(17-9)8-6-12-4-5-13-8;/h4-6H,3H2,1-2H3;1H. The van der Waals surface area contributed by atoms with Crippen molar-refractivity contribution in [1.29, 1.82) is 0 Å². The van der Waals surface area contributed by atoms with Gasteiger partial charge >= 0.3 is 5.97 Å². The molecule has 2 aromatic rings. The molecule has 96 valence electrons. The lowest BCUT2D eigenvalue weighted by Gasteiger charge is -1.97. The molecule has 0 aliphatic heterocycles. The van der Waals surface area contributed by atoms with E-state index in [-0.39, 0.29) is 18.4 Å². The average Bonchev–Trinajstić information content (AvgIpc) is 2.73. The van der Waals surface area contributed by atoms with Crippen LogP contribution < -0.4 is 0 Å². The average molecular weight is 286 g/mol. The van der Waals surface area contributed by atoms with Gasteiger partial charge in [-0.3, -0.25) is 9.97 Å². The molecule has 7 heteroatoms. The fourth-order valence-corrected chi connectivity index (χ4v) is 2.22. The zero-order chi connectivity index (χ0) is 12.3. The Morgan fingerprint density at radius 1 is 1.44 bits per heavy atom. The number of halogens is 1. The molecule has 2 aromatic heterocycles. The van der Waals surface area contributed by atoms with E-state index in [0.29, 0.717) is 27.9 Å². The summed E-state index contributed by atoms with van der Waals surface area (Å²) in [4.78, 5) is 24.6. The van der Waals surface area contributed by atoms with Crippen LogP contribution in [-0.2, 0) is 4.74 Å². The van der Waals surface area contributed by atoms with E-state index >= 15 is 0 Å². The third kappa shape index (κ3) is 3.02. The molecule has 2 rings (SSSR count). The lowest BCUT2D eigenvalue weighted by Crippen LogP contribution is -2.03. The minimum absolute atomic E-state index is 0. The topological polar surface area (TPSA) is 65.0 Å². The highest BCUT2D eigenvalue weighted by atomic mass is 35.5. The van der Waals surface area contributed by atoms with Gasteiger partial charge in [0.1, 0.15) is 15.6 Å². The molecule has 5 nitrogen and oxygen atoms in total. The summed E-state index contributed by atoms with van der Waals surface area (Å²) in [6.45, 7) is 3.91. The van der Waals surface area contributed by atoms with Crippen molar-refractivity contribution >= 4 is 29.7 Å². The summed E-state index contributed by atoms with van der Waals surface area (Å²) in [5.41, 5.74) is 1.32. The Hall–Kier alpha value is -1.53. The number of carbonyl (C=O) groups excluding carboxylic acids is 1. The molecule has 0 saturated heterocycles. The van der Waals surface area contributed by atoms with Crippen LogP contribution in [0.3, 0.4) is 0 Å². The second-order valence-corrected chi connectivity index (χ2v) is 4.24. The molecule has 0 fully saturated rings. The predicted molar refractivity (Wildman–Crippen MR) is 71.1 cm³/mol. The van der Waals surface area contributed by atoms with E-state index in [0.717, 1.165) is 0 Å². The first-order valence-electron chi connectivity index (χ1n) is 5.13. The maximum Gasteiger partial charge on any atom is 0.350 e. The van der Waals surface area contributed by atoms with Crippen molar-refractivity contribution in [2.24, 2.45) is 0 Å². The Kier molecular flexibility index (Phi) is 5.18. The van der Waals surface area contributed by atoms with E-state index < -0.39 is 0 Å². The molecule has 0 aliphatic rings. The zero-order valence-corrected chi connectivity index (χ0v) is 11.5. The van der Waals surface area contributed by atoms with Gasteiger partial charge in [0, 0.05) is 12.4 Å². The second-order valence-electron chi connectivity index (χ2n) is 3.24. The minimum atomic E-state index is -0.336. The predicted octanol–water partition coefficient (Wildman–Crippen LogP) is 2.51. The molecular weight excluding hydrogens is 274 g/mol. The number of esters is 1. The first-order chi connectivity index (χ1) is 8.22. The van der Waals surface area contributed by atoms with E-state index in [9.17, 15) is 4.79 Å². The molecule has 0 amide bonds. The summed E-state index contributed by atoms with van der Waals surface area (Å²) in [6.07, 6.45) is 4.81. The van der Waals surface area contributed by atoms with Gasteiger partial charge in [0.05, 0.1) is 18.5 Å². The number of hydrogen-bond acceptors (Lipinski definition) is 6. The van der Waals surface area contributed by atoms with Crippen molar-refractivity contribution in [3.8, 4) is 10.7 Å². The number of hydrogen-bond donors (Lipinski definition) is 0. The fraction of sp³-hybridized carbons (Fsp3) is 0.273. The molecule has 0 N–H and O–H groups in total. The van der Waals surface area contributed by atoms with Gasteiger partial charge in [0.15, 0.2) is 0 Å². The van der Waals surface area contributed by atoms with Gasteiger partial charge < -0.3 is 4.74 Å². The van der Waals surface area contributed by atoms with Crippen molar-refractivity contribution in [3.05, 3.63) is 29.2 Å². The minimum Gasteiger partial charge on any atom is -0.462 e. The number of ether oxygens (including phenoxy) is 1. The normalized spacial score (nSPS) is 9.67. The van der Waals surface area contributed by atoms with Crippen LogP contribution in [-0.4, -0.2) is 27.5 Å². The number of nitrogens with zero attached hydrogens (tertiary/aromatic N) is 3. The van der Waals surface area contributed by atoms with E-state index in [2.05, 4.69) is 15.0 Å². The Labute approximate surface area is 115 Å². The fourth-order valence-electron chi connectivity index (χ4n) is 1.30. The quantitative estimate of drug-likeness (QED) is 0.811. The first-order valence-corrected chi connectivity index (χ1v) is 5.95. The number of aromatic nitrogens is 3. The van der Waals surface area contributed by atoms with Gasteiger partial charge in [0.2, 0.25) is 0 Å². The summed E-state index contributed by atoms with van der Waals surface area (Å²) in [7, 11) is 0. The van der Waals surface area contributed by atoms with Crippen LogP contribution in [0.4, 0.5) is 0 Å². The van der Waals surface area contributed by atoms with Gasteiger partial charge in [0.25, 0.3) is 0 Å². The van der Waals surface area contributed by atoms with Crippen LogP contribution in [0.1, 0.15) is 22.3 Å². The summed E-state index contributed by atoms with van der Waals surface area (Å²) >= 11 is 1.27. The molecule has 0 aliphatic carbocycles. The lowest BCUT2D eigenvalue weighted by atomic mass is 10.4. The monoisotopic (exact) mass is 285 g/mol. The zero-order valence-electron chi connectivity index (χ0n) is 9.91. The number of carbonyl (C=O) groups is 1. The van der Waals surface area contributed by atoms with Crippen molar-refractivity contribution in [2.75, 3.05) is 6.61 Å². The van der Waals surface area contributed by atoms with E-state index in [4.69, 9.17) is 4.74 Å². The van der Waals surface area contributed by atoms with Crippen molar-refractivity contribution in [3.63, 3.8) is 0 Å². The summed E-state index contributed by atoms with van der Waals surface area (Å²) in [5, 5.41) is 0.679. The Morgan fingerprint density at radius 2 is 2.22 bits per heavy atom. The van der Waals surface area contributed by atoms with Crippen molar-refractivity contribution < 1.29 is 9.53 Å². The van der Waals surface area contributed by atoms with E-state index in [1.807, 2.05) is 0 Å². The summed E-state index contributed by atoms with van der Waals surface area (Å²) in [5.74, 6) is -0.336. The van der Waals surface area contributed by atoms with Gasteiger partial charge in [-0.2, -0.15) is 0 Å². The Balaban J connectivity index is 0.00000162. The van der Waals surface area contributed by atoms with Crippen LogP contribution >= 0.6 is 23.7 Å². The Bertz CT molecular complexity index is 530. The molecule has 2 heterocycles. The maximum atomic E-state index is 11.6. The molecule has 0 saturated carbocycles. The first kappa shape index (κ1) is 14.5. The summed E-state index contributed by atoms with van der Waals surface area (Å²) in [6, 6.07) is 0. The molecule has 0 spiro atoms. The smallest absolute Gasteiger partial charge is 0.350 e. The van der Waals surface area contributed by atoms with Crippen LogP contribution in [0.2, 0.25) is 0 Å². The third-order valence-corrected chi connectivity index (χ3v) is 3.20. The van der Waals surface area contributed by atoms with E-state index in [1.165, 1.54) is 11.3 Å². The number of rotatable bonds is 3. The van der Waals surface area contributed by atoms with Crippen LogP contribution in [0.15, 0.2) is 18.6 Å². The summed E-state index contributed by atoms with van der Waals surface area (Å²) < 4.78 is 4.95. The van der Waals surface area contributed by atoms with Gasteiger partial charge in [-0.25, -0.2) is 9.78 Å². The van der Waals surface area contributed by atoms with Crippen LogP contribution in [0, 0.1) is 6.92 Å². The Morgan fingerprint density at radius 3 is 2.83 bits per heavy atom. The highest BCUT2D eigenvalue weighted by Crippen LogP contribution is 2.26. The third-order valence-electron chi connectivity index (χ3n) is 2.04. The SMILES string of the molecule is CCOC(=O)c1sc(-c2cnccn2)nc1C.Cl. The number of thiazole rings is 1. The maximum absolute atomic E-state index is 11.6. The second kappa shape index (κ2) is 6.42. The molecule has 18 heavy (non-hydrogen) atoms.